The van der Waals surface area contributed by atoms with E-state index in [1.54, 1.807) is 16.8 Å². The van der Waals surface area contributed by atoms with Crippen molar-refractivity contribution in [1.82, 2.24) is 14.6 Å². The number of fused-ring (bicyclic) bond motifs is 1. The third-order valence-corrected chi connectivity index (χ3v) is 1.80. The Balaban J connectivity index is 2.68. The van der Waals surface area contributed by atoms with Crippen LogP contribution >= 0.6 is 0 Å². The summed E-state index contributed by atoms with van der Waals surface area (Å²) in [6.45, 7) is 3.43. The van der Waals surface area contributed by atoms with E-state index in [1.807, 2.05) is 13.1 Å². The molecule has 2 heterocycles. The summed E-state index contributed by atoms with van der Waals surface area (Å²) in [5, 5.41) is 4.08. The highest BCUT2D eigenvalue weighted by atomic mass is 16.1. The normalized spacial score (nSPS) is 10.6. The van der Waals surface area contributed by atoms with Crippen LogP contribution in [0.5, 0.6) is 0 Å². The van der Waals surface area contributed by atoms with Crippen LogP contribution in [0.4, 0.5) is 0 Å². The van der Waals surface area contributed by atoms with E-state index in [2.05, 4.69) is 10.1 Å². The molecule has 66 valence electrons. The van der Waals surface area contributed by atoms with Gasteiger partial charge in [-0.3, -0.25) is 4.79 Å². The van der Waals surface area contributed by atoms with Gasteiger partial charge >= 0.3 is 0 Å². The molecule has 0 atom stereocenters. The molecule has 0 saturated carbocycles. The van der Waals surface area contributed by atoms with Gasteiger partial charge in [0, 0.05) is 25.4 Å². The van der Waals surface area contributed by atoms with Crippen molar-refractivity contribution in [3.8, 4) is 0 Å². The fourth-order valence-corrected chi connectivity index (χ4v) is 1.14. The molecular weight excluding hydrogens is 166 g/mol. The Morgan fingerprint density at radius 2 is 2.31 bits per heavy atom. The first-order valence-corrected chi connectivity index (χ1v) is 4.00. The molecule has 0 fully saturated rings. The first kappa shape index (κ1) is 7.91. The molecule has 0 aromatic carbocycles. The number of ketones is 1. The van der Waals surface area contributed by atoms with Gasteiger partial charge in [0.2, 0.25) is 0 Å². The van der Waals surface area contributed by atoms with Crippen LogP contribution in [0.1, 0.15) is 23.0 Å². The first-order chi connectivity index (χ1) is 6.16. The highest BCUT2D eigenvalue weighted by Gasteiger charge is 2.05. The van der Waals surface area contributed by atoms with E-state index in [0.717, 1.165) is 5.56 Å². The molecule has 0 N–H and O–H groups in total. The molecule has 2 rings (SSSR count). The van der Waals surface area contributed by atoms with Gasteiger partial charge in [-0.05, 0) is 12.5 Å². The van der Waals surface area contributed by atoms with Gasteiger partial charge in [0.15, 0.2) is 11.4 Å². The molecule has 4 heteroatoms. The Kier molecular flexibility index (Phi) is 1.62. The van der Waals surface area contributed by atoms with Crippen molar-refractivity contribution in [2.45, 2.75) is 13.8 Å². The molecule has 2 aromatic rings. The lowest BCUT2D eigenvalue weighted by molar-refractivity contribution is 0.101. The Morgan fingerprint density at radius 3 is 3.00 bits per heavy atom. The van der Waals surface area contributed by atoms with Crippen LogP contribution in [0.15, 0.2) is 18.5 Å². The van der Waals surface area contributed by atoms with E-state index < -0.39 is 0 Å². The Labute approximate surface area is 75.2 Å². The number of rotatable bonds is 1. The summed E-state index contributed by atoms with van der Waals surface area (Å²) in [5.41, 5.74) is 2.18. The minimum absolute atomic E-state index is 0.0387. The molecule has 4 nitrogen and oxygen atoms in total. The SMILES string of the molecule is CC(=O)c1cc2ncc(C)cn2n1. The van der Waals surface area contributed by atoms with Crippen molar-refractivity contribution in [2.75, 3.05) is 0 Å². The molecule has 0 aliphatic heterocycles. The summed E-state index contributed by atoms with van der Waals surface area (Å²) in [7, 11) is 0. The topological polar surface area (TPSA) is 47.3 Å². The van der Waals surface area contributed by atoms with Gasteiger partial charge in [-0.1, -0.05) is 0 Å². The van der Waals surface area contributed by atoms with E-state index in [-0.39, 0.29) is 5.78 Å². The third-order valence-electron chi connectivity index (χ3n) is 1.80. The monoisotopic (exact) mass is 175 g/mol. The quantitative estimate of drug-likeness (QED) is 0.612. The van der Waals surface area contributed by atoms with E-state index in [9.17, 15) is 4.79 Å². The number of carbonyl (C=O) groups excluding carboxylic acids is 1. The maximum atomic E-state index is 11.0. The molecule has 13 heavy (non-hydrogen) atoms. The van der Waals surface area contributed by atoms with Crippen LogP contribution in [0, 0.1) is 6.92 Å². The van der Waals surface area contributed by atoms with Gasteiger partial charge in [-0.25, -0.2) is 9.50 Å². The minimum atomic E-state index is -0.0387. The lowest BCUT2D eigenvalue weighted by atomic mass is 10.3. The summed E-state index contributed by atoms with van der Waals surface area (Å²) < 4.78 is 1.62. The second-order valence-electron chi connectivity index (χ2n) is 3.02. The molecule has 0 radical (unpaired) electrons. The number of hydrogen-bond donors (Lipinski definition) is 0. The smallest absolute Gasteiger partial charge is 0.180 e. The minimum Gasteiger partial charge on any atom is -0.293 e. The zero-order chi connectivity index (χ0) is 9.42. The van der Waals surface area contributed by atoms with E-state index in [1.165, 1.54) is 6.92 Å². The fourth-order valence-electron chi connectivity index (χ4n) is 1.14. The van der Waals surface area contributed by atoms with Gasteiger partial charge < -0.3 is 0 Å². The molecular formula is C9H9N3O. The highest BCUT2D eigenvalue weighted by molar-refractivity contribution is 5.93. The molecule has 2 aromatic heterocycles. The van der Waals surface area contributed by atoms with Crippen LogP contribution in [0.2, 0.25) is 0 Å². The predicted octanol–water partition coefficient (Wildman–Crippen LogP) is 1.24. The molecule has 0 aliphatic carbocycles. The average molecular weight is 175 g/mol. The zero-order valence-corrected chi connectivity index (χ0v) is 7.48. The summed E-state index contributed by atoms with van der Waals surface area (Å²) in [6, 6.07) is 1.68. The average Bonchev–Trinajstić information content (AvgIpc) is 2.46. The molecule has 0 amide bonds. The van der Waals surface area contributed by atoms with E-state index in [4.69, 9.17) is 0 Å². The number of nitrogens with zero attached hydrogens (tertiary/aromatic N) is 3. The summed E-state index contributed by atoms with van der Waals surface area (Å²) in [5.74, 6) is -0.0387. The Morgan fingerprint density at radius 1 is 1.54 bits per heavy atom. The second kappa shape index (κ2) is 2.65. The second-order valence-corrected chi connectivity index (χ2v) is 3.02. The lowest BCUT2D eigenvalue weighted by Crippen LogP contribution is -1.94. The van der Waals surface area contributed by atoms with Crippen LogP contribution in [0.3, 0.4) is 0 Å². The number of hydrogen-bond acceptors (Lipinski definition) is 3. The maximum Gasteiger partial charge on any atom is 0.180 e. The van der Waals surface area contributed by atoms with E-state index >= 15 is 0 Å². The van der Waals surface area contributed by atoms with Crippen LogP contribution < -0.4 is 0 Å². The number of carbonyl (C=O) groups is 1. The van der Waals surface area contributed by atoms with Crippen molar-refractivity contribution in [3.05, 3.63) is 29.7 Å². The number of Topliss-reactive ketones (excluding diaryl/α,β-unsaturated/α-hetero) is 1. The molecule has 0 aliphatic rings. The predicted molar refractivity (Wildman–Crippen MR) is 47.7 cm³/mol. The van der Waals surface area contributed by atoms with Gasteiger partial charge in [0.05, 0.1) is 0 Å². The Hall–Kier alpha value is -1.71. The van der Waals surface area contributed by atoms with Gasteiger partial charge in [-0.15, -0.1) is 0 Å². The Bertz CT molecular complexity index is 473. The summed E-state index contributed by atoms with van der Waals surface area (Å²) >= 11 is 0. The lowest BCUT2D eigenvalue weighted by Gasteiger charge is -1.92. The largest absolute Gasteiger partial charge is 0.293 e. The molecule has 0 spiro atoms. The maximum absolute atomic E-state index is 11.0. The third kappa shape index (κ3) is 1.30. The molecule has 0 saturated heterocycles. The molecule has 0 unspecified atom stereocenters. The van der Waals surface area contributed by atoms with Gasteiger partial charge in [-0.2, -0.15) is 5.10 Å². The standard InChI is InChI=1S/C9H9N3O/c1-6-4-10-9-3-8(7(2)13)11-12(9)5-6/h3-5H,1-2H3. The zero-order valence-electron chi connectivity index (χ0n) is 7.48. The molecule has 0 bridgehead atoms. The van der Waals surface area contributed by atoms with Crippen molar-refractivity contribution in [3.63, 3.8) is 0 Å². The van der Waals surface area contributed by atoms with Gasteiger partial charge in [0.25, 0.3) is 0 Å². The first-order valence-electron chi connectivity index (χ1n) is 4.00. The van der Waals surface area contributed by atoms with Crippen molar-refractivity contribution >= 4 is 11.4 Å². The summed E-state index contributed by atoms with van der Waals surface area (Å²) in [6.07, 6.45) is 3.59. The summed E-state index contributed by atoms with van der Waals surface area (Å²) in [4.78, 5) is 15.1. The number of aromatic nitrogens is 3. The fraction of sp³-hybridized carbons (Fsp3) is 0.222. The van der Waals surface area contributed by atoms with Crippen LogP contribution in [-0.2, 0) is 0 Å². The number of aryl methyl sites for hydroxylation is 1. The van der Waals surface area contributed by atoms with E-state index in [0.29, 0.717) is 11.3 Å². The van der Waals surface area contributed by atoms with Crippen molar-refractivity contribution in [1.29, 1.82) is 0 Å². The highest BCUT2D eigenvalue weighted by Crippen LogP contribution is 2.05. The van der Waals surface area contributed by atoms with Crippen molar-refractivity contribution < 1.29 is 4.79 Å². The van der Waals surface area contributed by atoms with Crippen molar-refractivity contribution in [2.24, 2.45) is 0 Å². The van der Waals surface area contributed by atoms with Crippen LogP contribution in [0.25, 0.3) is 5.65 Å². The van der Waals surface area contributed by atoms with Crippen LogP contribution in [-0.4, -0.2) is 20.4 Å². The van der Waals surface area contributed by atoms with Gasteiger partial charge in [0.1, 0.15) is 5.69 Å².